The van der Waals surface area contributed by atoms with E-state index in [9.17, 15) is 14.7 Å². The topological polar surface area (TPSA) is 95.8 Å². The Morgan fingerprint density at radius 2 is 1.92 bits per heavy atom. The van der Waals surface area contributed by atoms with Gasteiger partial charge in [-0.2, -0.15) is 0 Å². The number of fused-ring (bicyclic) bond motifs is 3. The average molecular weight is 487 g/mol. The quantitative estimate of drug-likeness (QED) is 0.399. The van der Waals surface area contributed by atoms with Gasteiger partial charge < -0.3 is 24.1 Å². The zero-order valence-corrected chi connectivity index (χ0v) is 20.7. The van der Waals surface area contributed by atoms with Crippen LogP contribution in [0.4, 0.5) is 0 Å². The minimum absolute atomic E-state index is 0.0284. The highest BCUT2D eigenvalue weighted by atomic mass is 16.5. The molecule has 2 N–H and O–H groups in total. The summed E-state index contributed by atoms with van der Waals surface area (Å²) in [6, 6.07) is 16.8. The predicted octanol–water partition coefficient (Wildman–Crippen LogP) is 5.03. The third kappa shape index (κ3) is 4.61. The van der Waals surface area contributed by atoms with Crippen LogP contribution in [0.5, 0.6) is 11.5 Å². The number of aromatic amines is 1. The standard InChI is InChI=1S/C29H30N2O5/c1-17(2)35-20-10-8-19(9-11-20)23(29-28(34)26(32)14-18(3)36-29)15-27(33)31-13-12-22-21-6-4-5-7-24(21)30-25(22)16-31/h4-11,14,17,23,30,34H,12-13,15-16H2,1-3H3/t23-/m0/s1. The summed E-state index contributed by atoms with van der Waals surface area (Å²) in [5.41, 5.74) is 3.62. The maximum Gasteiger partial charge on any atom is 0.227 e. The highest BCUT2D eigenvalue weighted by Crippen LogP contribution is 2.35. The molecule has 186 valence electrons. The number of aromatic nitrogens is 1. The molecule has 7 heteroatoms. The lowest BCUT2D eigenvalue weighted by atomic mass is 9.91. The van der Waals surface area contributed by atoms with Crippen LogP contribution >= 0.6 is 0 Å². The molecule has 7 nitrogen and oxygen atoms in total. The Hall–Kier alpha value is -4.00. The molecular formula is C29H30N2O5. The fraction of sp³-hybridized carbons (Fsp3) is 0.310. The number of hydrogen-bond acceptors (Lipinski definition) is 5. The van der Waals surface area contributed by atoms with Crippen molar-refractivity contribution in [2.45, 2.75) is 52.2 Å². The summed E-state index contributed by atoms with van der Waals surface area (Å²) >= 11 is 0. The Bertz CT molecular complexity index is 1470. The first-order valence-corrected chi connectivity index (χ1v) is 12.3. The first kappa shape index (κ1) is 23.7. The van der Waals surface area contributed by atoms with Gasteiger partial charge in [-0.3, -0.25) is 9.59 Å². The van der Waals surface area contributed by atoms with E-state index in [-0.39, 0.29) is 24.2 Å². The van der Waals surface area contributed by atoms with E-state index in [1.165, 1.54) is 17.0 Å². The summed E-state index contributed by atoms with van der Waals surface area (Å²) in [5.74, 6) is 0.0335. The van der Waals surface area contributed by atoms with Crippen LogP contribution in [0.1, 0.15) is 54.5 Å². The number of ether oxygens (including phenoxy) is 1. The normalized spacial score (nSPS) is 14.2. The van der Waals surface area contributed by atoms with Gasteiger partial charge >= 0.3 is 0 Å². The summed E-state index contributed by atoms with van der Waals surface area (Å²) in [7, 11) is 0. The van der Waals surface area contributed by atoms with Gasteiger partial charge in [0.2, 0.25) is 17.1 Å². The monoisotopic (exact) mass is 486 g/mol. The molecule has 0 fully saturated rings. The number of carbonyl (C=O) groups excluding carboxylic acids is 1. The largest absolute Gasteiger partial charge is 0.502 e. The summed E-state index contributed by atoms with van der Waals surface area (Å²) < 4.78 is 11.6. The number of amides is 1. The second kappa shape index (κ2) is 9.57. The molecule has 1 amide bonds. The maximum atomic E-state index is 13.6. The number of rotatable bonds is 6. The molecule has 5 rings (SSSR count). The number of nitrogens with one attached hydrogen (secondary N) is 1. The molecule has 3 heterocycles. The van der Waals surface area contributed by atoms with Crippen LogP contribution in [-0.4, -0.2) is 33.5 Å². The van der Waals surface area contributed by atoms with Crippen molar-refractivity contribution in [2.75, 3.05) is 6.54 Å². The van der Waals surface area contributed by atoms with Crippen molar-refractivity contribution < 1.29 is 19.1 Å². The smallest absolute Gasteiger partial charge is 0.227 e. The van der Waals surface area contributed by atoms with Crippen LogP contribution in [0.3, 0.4) is 0 Å². The number of hydrogen-bond donors (Lipinski definition) is 2. The molecule has 1 aliphatic heterocycles. The maximum absolute atomic E-state index is 13.6. The first-order chi connectivity index (χ1) is 17.3. The van der Waals surface area contributed by atoms with Gasteiger partial charge in [0, 0.05) is 35.6 Å². The van der Waals surface area contributed by atoms with Crippen LogP contribution in [0.25, 0.3) is 10.9 Å². The molecule has 36 heavy (non-hydrogen) atoms. The summed E-state index contributed by atoms with van der Waals surface area (Å²) in [5, 5.41) is 11.8. The van der Waals surface area contributed by atoms with Gasteiger partial charge in [-0.15, -0.1) is 0 Å². The van der Waals surface area contributed by atoms with E-state index in [1.54, 1.807) is 6.92 Å². The zero-order chi connectivity index (χ0) is 25.4. The fourth-order valence-electron chi connectivity index (χ4n) is 4.98. The van der Waals surface area contributed by atoms with Gasteiger partial charge in [0.25, 0.3) is 0 Å². The summed E-state index contributed by atoms with van der Waals surface area (Å²) in [6.07, 6.45) is 0.850. The number of benzene rings is 2. The number of aryl methyl sites for hydroxylation is 1. The summed E-state index contributed by atoms with van der Waals surface area (Å²) in [4.78, 5) is 31.2. The minimum atomic E-state index is -0.623. The highest BCUT2D eigenvalue weighted by molar-refractivity contribution is 5.86. The molecule has 0 saturated carbocycles. The lowest BCUT2D eigenvalue weighted by Crippen LogP contribution is -2.36. The molecule has 2 aromatic carbocycles. The van der Waals surface area contributed by atoms with E-state index >= 15 is 0 Å². The SMILES string of the molecule is Cc1cc(=O)c(O)c([C@@H](CC(=O)N2CCc3c([nH]c4ccccc34)C2)c2ccc(OC(C)C)cc2)o1. The Kier molecular flexibility index (Phi) is 6.31. The van der Waals surface area contributed by atoms with Gasteiger partial charge in [-0.05, 0) is 56.5 Å². The summed E-state index contributed by atoms with van der Waals surface area (Å²) in [6.45, 7) is 6.65. The zero-order valence-electron chi connectivity index (χ0n) is 20.7. The van der Waals surface area contributed by atoms with Crippen molar-refractivity contribution in [2.24, 2.45) is 0 Å². The molecule has 0 radical (unpaired) electrons. The third-order valence-electron chi connectivity index (χ3n) is 6.66. The lowest BCUT2D eigenvalue weighted by molar-refractivity contribution is -0.132. The molecule has 2 aromatic heterocycles. The first-order valence-electron chi connectivity index (χ1n) is 12.3. The Balaban J connectivity index is 1.45. The van der Waals surface area contributed by atoms with E-state index < -0.39 is 17.1 Å². The number of nitrogens with zero attached hydrogens (tertiary/aromatic N) is 1. The third-order valence-corrected chi connectivity index (χ3v) is 6.66. The molecule has 0 bridgehead atoms. The van der Waals surface area contributed by atoms with Crippen molar-refractivity contribution in [1.29, 1.82) is 0 Å². The van der Waals surface area contributed by atoms with E-state index in [2.05, 4.69) is 11.1 Å². The second-order valence-corrected chi connectivity index (χ2v) is 9.62. The van der Waals surface area contributed by atoms with Crippen molar-refractivity contribution in [1.82, 2.24) is 9.88 Å². The highest BCUT2D eigenvalue weighted by Gasteiger charge is 2.30. The van der Waals surface area contributed by atoms with Crippen LogP contribution in [0.2, 0.25) is 0 Å². The number of carbonyl (C=O) groups is 1. The van der Waals surface area contributed by atoms with Crippen molar-refractivity contribution >= 4 is 16.8 Å². The second-order valence-electron chi connectivity index (χ2n) is 9.62. The van der Waals surface area contributed by atoms with Crippen molar-refractivity contribution in [3.63, 3.8) is 0 Å². The van der Waals surface area contributed by atoms with Crippen molar-refractivity contribution in [3.05, 3.63) is 93.2 Å². The molecule has 4 aromatic rings. The number of H-pyrrole nitrogens is 1. The van der Waals surface area contributed by atoms with Crippen LogP contribution < -0.4 is 10.2 Å². The van der Waals surface area contributed by atoms with Gasteiger partial charge in [-0.25, -0.2) is 0 Å². The molecule has 1 aliphatic rings. The van der Waals surface area contributed by atoms with Gasteiger partial charge in [-0.1, -0.05) is 30.3 Å². The number of para-hydroxylation sites is 1. The molecule has 0 unspecified atom stereocenters. The van der Waals surface area contributed by atoms with E-state index in [0.29, 0.717) is 24.6 Å². The molecule has 0 saturated heterocycles. The Morgan fingerprint density at radius 3 is 2.67 bits per heavy atom. The van der Waals surface area contributed by atoms with Crippen LogP contribution in [-0.2, 0) is 17.8 Å². The molecular weight excluding hydrogens is 456 g/mol. The van der Waals surface area contributed by atoms with E-state index in [0.717, 1.165) is 23.2 Å². The molecule has 0 spiro atoms. The van der Waals surface area contributed by atoms with Crippen LogP contribution in [0, 0.1) is 6.92 Å². The van der Waals surface area contributed by atoms with Gasteiger partial charge in [0.15, 0.2) is 5.76 Å². The predicted molar refractivity (Wildman–Crippen MR) is 137 cm³/mol. The average Bonchev–Trinajstić information content (AvgIpc) is 3.23. The Labute approximate surface area is 209 Å². The minimum Gasteiger partial charge on any atom is -0.502 e. The Morgan fingerprint density at radius 1 is 1.17 bits per heavy atom. The van der Waals surface area contributed by atoms with E-state index in [4.69, 9.17) is 9.15 Å². The molecule has 0 aliphatic carbocycles. The number of aromatic hydroxyl groups is 1. The van der Waals surface area contributed by atoms with Crippen LogP contribution in [0.15, 0.2) is 63.8 Å². The van der Waals surface area contributed by atoms with Gasteiger partial charge in [0.05, 0.1) is 18.6 Å². The lowest BCUT2D eigenvalue weighted by Gasteiger charge is -2.29. The fourth-order valence-corrected chi connectivity index (χ4v) is 4.98. The van der Waals surface area contributed by atoms with Crippen molar-refractivity contribution in [3.8, 4) is 11.5 Å². The van der Waals surface area contributed by atoms with Gasteiger partial charge in [0.1, 0.15) is 11.5 Å². The van der Waals surface area contributed by atoms with E-state index in [1.807, 2.05) is 61.2 Å². The molecule has 1 atom stereocenters.